The molecule has 2 rings (SSSR count). The molecule has 0 aromatic heterocycles. The van der Waals surface area contributed by atoms with Crippen LogP contribution in [0.3, 0.4) is 0 Å². The number of nitrogens with one attached hydrogen (secondary N) is 1. The number of hydrogen-bond donors (Lipinski definition) is 1. The monoisotopic (exact) mass is 285 g/mol. The van der Waals surface area contributed by atoms with E-state index < -0.39 is 0 Å². The molecule has 0 fully saturated rings. The molecule has 0 spiro atoms. The first-order valence-electron chi connectivity index (χ1n) is 6.55. The molecular weight excluding hydrogens is 269 g/mol. The molecule has 3 nitrogen and oxygen atoms in total. The van der Waals surface area contributed by atoms with Crippen molar-refractivity contribution in [3.63, 3.8) is 0 Å². The maximum absolute atomic E-state index is 12.8. The third-order valence-electron chi connectivity index (χ3n) is 2.85. The molecule has 0 bridgehead atoms. The van der Waals surface area contributed by atoms with E-state index in [-0.39, 0.29) is 11.7 Å². The van der Waals surface area contributed by atoms with Crippen LogP contribution in [-0.4, -0.2) is 12.5 Å². The second-order valence-corrected chi connectivity index (χ2v) is 4.43. The molecule has 2 aromatic carbocycles. The average molecular weight is 285 g/mol. The normalized spacial score (nSPS) is 9.95. The van der Waals surface area contributed by atoms with E-state index in [9.17, 15) is 9.18 Å². The zero-order valence-electron chi connectivity index (χ0n) is 11.5. The smallest absolute Gasteiger partial charge is 0.251 e. The van der Waals surface area contributed by atoms with Gasteiger partial charge in [-0.15, -0.1) is 0 Å². The van der Waals surface area contributed by atoms with E-state index in [1.165, 1.54) is 12.1 Å². The number of amides is 1. The number of hydrogen-bond acceptors (Lipinski definition) is 2. The van der Waals surface area contributed by atoms with Crippen LogP contribution in [0.2, 0.25) is 0 Å². The summed E-state index contributed by atoms with van der Waals surface area (Å²) in [5.41, 5.74) is 1.39. The van der Waals surface area contributed by atoms with Crippen LogP contribution in [-0.2, 0) is 6.54 Å². The van der Waals surface area contributed by atoms with Gasteiger partial charge in [-0.3, -0.25) is 4.79 Å². The summed E-state index contributed by atoms with van der Waals surface area (Å²) in [6.45, 7) is 4.35. The highest BCUT2D eigenvalue weighted by atomic mass is 19.1. The minimum Gasteiger partial charge on any atom is -0.490 e. The van der Waals surface area contributed by atoms with Gasteiger partial charge in [-0.05, 0) is 42.0 Å². The van der Waals surface area contributed by atoms with Gasteiger partial charge in [0.15, 0.2) is 0 Å². The summed E-state index contributed by atoms with van der Waals surface area (Å²) in [6, 6.07) is 12.9. The molecule has 0 radical (unpaired) electrons. The molecule has 108 valence electrons. The van der Waals surface area contributed by atoms with Crippen molar-refractivity contribution in [2.24, 2.45) is 0 Å². The number of carbonyl (C=O) groups excluding carboxylic acids is 1. The van der Waals surface area contributed by atoms with Crippen molar-refractivity contribution < 1.29 is 13.9 Å². The van der Waals surface area contributed by atoms with Crippen molar-refractivity contribution in [1.29, 1.82) is 0 Å². The first kappa shape index (κ1) is 14.8. The van der Waals surface area contributed by atoms with Crippen LogP contribution >= 0.6 is 0 Å². The van der Waals surface area contributed by atoms with E-state index in [4.69, 9.17) is 4.74 Å². The third-order valence-corrected chi connectivity index (χ3v) is 2.85. The number of ether oxygens (including phenoxy) is 1. The topological polar surface area (TPSA) is 38.3 Å². The zero-order valence-corrected chi connectivity index (χ0v) is 11.5. The highest BCUT2D eigenvalue weighted by Gasteiger charge is 2.05. The number of rotatable bonds is 6. The van der Waals surface area contributed by atoms with Gasteiger partial charge in [0.1, 0.15) is 18.2 Å². The fraction of sp³-hybridized carbons (Fsp3) is 0.118. The Kier molecular flexibility index (Phi) is 5.10. The molecule has 0 atom stereocenters. The summed E-state index contributed by atoms with van der Waals surface area (Å²) < 4.78 is 18.1. The van der Waals surface area contributed by atoms with Crippen LogP contribution in [0.5, 0.6) is 5.75 Å². The predicted octanol–water partition coefficient (Wildman–Crippen LogP) is 3.32. The fourth-order valence-electron chi connectivity index (χ4n) is 1.74. The second kappa shape index (κ2) is 7.24. The van der Waals surface area contributed by atoms with Crippen LogP contribution in [0.15, 0.2) is 61.2 Å². The molecule has 0 saturated carbocycles. The van der Waals surface area contributed by atoms with Gasteiger partial charge in [0.05, 0.1) is 0 Å². The van der Waals surface area contributed by atoms with Crippen LogP contribution < -0.4 is 10.1 Å². The molecule has 4 heteroatoms. The Morgan fingerprint density at radius 2 is 1.81 bits per heavy atom. The lowest BCUT2D eigenvalue weighted by Gasteiger charge is -2.07. The average Bonchev–Trinajstić information content (AvgIpc) is 2.52. The Hall–Kier alpha value is -2.62. The van der Waals surface area contributed by atoms with Crippen molar-refractivity contribution in [3.05, 3.63) is 78.1 Å². The standard InChI is InChI=1S/C17H16FNO2/c1-2-11-21-16-9-5-14(6-10-16)17(20)19-12-13-3-7-15(18)8-4-13/h2-10H,1,11-12H2,(H,19,20). The van der Waals surface area contributed by atoms with Crippen LogP contribution in [0.25, 0.3) is 0 Å². The van der Waals surface area contributed by atoms with E-state index in [2.05, 4.69) is 11.9 Å². The fourth-order valence-corrected chi connectivity index (χ4v) is 1.74. The van der Waals surface area contributed by atoms with Gasteiger partial charge in [0.2, 0.25) is 0 Å². The Labute approximate surface area is 123 Å². The first-order valence-corrected chi connectivity index (χ1v) is 6.55. The maximum atomic E-state index is 12.8. The molecule has 0 unspecified atom stereocenters. The summed E-state index contributed by atoms with van der Waals surface area (Å²) in [5, 5.41) is 2.78. The summed E-state index contributed by atoms with van der Waals surface area (Å²) in [7, 11) is 0. The minimum absolute atomic E-state index is 0.186. The molecule has 1 N–H and O–H groups in total. The van der Waals surface area contributed by atoms with Crippen LogP contribution in [0.4, 0.5) is 4.39 Å². The quantitative estimate of drug-likeness (QED) is 0.827. The van der Waals surface area contributed by atoms with Gasteiger partial charge in [-0.2, -0.15) is 0 Å². The van der Waals surface area contributed by atoms with Crippen molar-refractivity contribution in [3.8, 4) is 5.75 Å². The molecule has 0 heterocycles. The van der Waals surface area contributed by atoms with Crippen molar-refractivity contribution >= 4 is 5.91 Å². The van der Waals surface area contributed by atoms with E-state index in [1.807, 2.05) is 0 Å². The Morgan fingerprint density at radius 3 is 2.43 bits per heavy atom. The van der Waals surface area contributed by atoms with Gasteiger partial charge in [0.25, 0.3) is 5.91 Å². The van der Waals surface area contributed by atoms with Gasteiger partial charge < -0.3 is 10.1 Å². The second-order valence-electron chi connectivity index (χ2n) is 4.43. The SMILES string of the molecule is C=CCOc1ccc(C(=O)NCc2ccc(F)cc2)cc1. The van der Waals surface area contributed by atoms with Crippen molar-refractivity contribution in [2.45, 2.75) is 6.54 Å². The zero-order chi connectivity index (χ0) is 15.1. The lowest BCUT2D eigenvalue weighted by atomic mass is 10.2. The Balaban J connectivity index is 1.90. The van der Waals surface area contributed by atoms with Gasteiger partial charge in [0, 0.05) is 12.1 Å². The molecule has 0 aliphatic heterocycles. The molecule has 0 aliphatic rings. The van der Waals surface area contributed by atoms with Gasteiger partial charge >= 0.3 is 0 Å². The summed E-state index contributed by atoms with van der Waals surface area (Å²) in [6.07, 6.45) is 1.66. The van der Waals surface area contributed by atoms with E-state index in [0.29, 0.717) is 24.5 Å². The number of benzene rings is 2. The minimum atomic E-state index is -0.291. The number of carbonyl (C=O) groups is 1. The molecular formula is C17H16FNO2. The molecule has 0 saturated heterocycles. The van der Waals surface area contributed by atoms with Crippen molar-refractivity contribution in [2.75, 3.05) is 6.61 Å². The summed E-state index contributed by atoms with van der Waals surface area (Å²) >= 11 is 0. The molecule has 1 amide bonds. The lowest BCUT2D eigenvalue weighted by Crippen LogP contribution is -2.22. The van der Waals surface area contributed by atoms with Gasteiger partial charge in [-0.25, -0.2) is 4.39 Å². The number of halogens is 1. The highest BCUT2D eigenvalue weighted by molar-refractivity contribution is 5.94. The van der Waals surface area contributed by atoms with Crippen molar-refractivity contribution in [1.82, 2.24) is 5.32 Å². The first-order chi connectivity index (χ1) is 10.2. The van der Waals surface area contributed by atoms with E-state index in [1.54, 1.807) is 42.5 Å². The van der Waals surface area contributed by atoms with Crippen LogP contribution in [0.1, 0.15) is 15.9 Å². The third kappa shape index (κ3) is 4.45. The Morgan fingerprint density at radius 1 is 1.14 bits per heavy atom. The highest BCUT2D eigenvalue weighted by Crippen LogP contribution is 2.12. The molecule has 2 aromatic rings. The molecule has 0 aliphatic carbocycles. The summed E-state index contributed by atoms with van der Waals surface area (Å²) in [5.74, 6) is 0.208. The summed E-state index contributed by atoms with van der Waals surface area (Å²) in [4.78, 5) is 12.0. The van der Waals surface area contributed by atoms with E-state index in [0.717, 1.165) is 5.56 Å². The molecule has 21 heavy (non-hydrogen) atoms. The lowest BCUT2D eigenvalue weighted by molar-refractivity contribution is 0.0951. The predicted molar refractivity (Wildman–Crippen MR) is 79.7 cm³/mol. The van der Waals surface area contributed by atoms with Crippen LogP contribution in [0, 0.1) is 5.82 Å². The van der Waals surface area contributed by atoms with E-state index >= 15 is 0 Å². The van der Waals surface area contributed by atoms with Gasteiger partial charge in [-0.1, -0.05) is 24.8 Å². The Bertz CT molecular complexity index is 606. The largest absolute Gasteiger partial charge is 0.490 e. The maximum Gasteiger partial charge on any atom is 0.251 e.